The predicted molar refractivity (Wildman–Crippen MR) is 87.5 cm³/mol. The first-order chi connectivity index (χ1) is 11.1. The van der Waals surface area contributed by atoms with E-state index in [0.717, 1.165) is 37.9 Å². The smallest absolute Gasteiger partial charge is 0.338 e. The number of carbonyl (C=O) groups excluding carboxylic acids is 2. The van der Waals surface area contributed by atoms with Crippen molar-refractivity contribution in [2.75, 3.05) is 6.61 Å². The van der Waals surface area contributed by atoms with Crippen LogP contribution in [0.2, 0.25) is 0 Å². The van der Waals surface area contributed by atoms with Crippen molar-refractivity contribution in [3.05, 3.63) is 29.8 Å². The number of hydrogen-bond donors (Lipinski definition) is 1. The third-order valence-corrected chi connectivity index (χ3v) is 3.92. The van der Waals surface area contributed by atoms with Gasteiger partial charge in [-0.05, 0) is 50.5 Å². The van der Waals surface area contributed by atoms with Gasteiger partial charge < -0.3 is 14.8 Å². The fourth-order valence-corrected chi connectivity index (χ4v) is 2.58. The lowest BCUT2D eigenvalue weighted by Gasteiger charge is -2.17. The van der Waals surface area contributed by atoms with Gasteiger partial charge in [-0.15, -0.1) is 0 Å². The van der Waals surface area contributed by atoms with Crippen LogP contribution in [0.15, 0.2) is 24.3 Å². The SMILES string of the molecule is CCCOc1ccc(C(=O)OC(C)C(=O)NC2CCCC2)cc1. The Morgan fingerprint density at radius 1 is 1.22 bits per heavy atom. The third-order valence-electron chi connectivity index (χ3n) is 3.92. The van der Waals surface area contributed by atoms with Crippen molar-refractivity contribution in [3.8, 4) is 5.75 Å². The quantitative estimate of drug-likeness (QED) is 0.784. The fourth-order valence-electron chi connectivity index (χ4n) is 2.58. The third kappa shape index (κ3) is 5.27. The molecule has 1 aliphatic rings. The monoisotopic (exact) mass is 319 g/mol. The Morgan fingerprint density at radius 3 is 2.48 bits per heavy atom. The average Bonchev–Trinajstić information content (AvgIpc) is 3.06. The summed E-state index contributed by atoms with van der Waals surface area (Å²) < 4.78 is 10.7. The van der Waals surface area contributed by atoms with Gasteiger partial charge in [0.15, 0.2) is 6.10 Å². The van der Waals surface area contributed by atoms with Gasteiger partial charge in [-0.2, -0.15) is 0 Å². The molecular weight excluding hydrogens is 294 g/mol. The lowest BCUT2D eigenvalue weighted by Crippen LogP contribution is -2.40. The zero-order valence-electron chi connectivity index (χ0n) is 13.8. The second-order valence-electron chi connectivity index (χ2n) is 5.91. The molecule has 1 aromatic rings. The molecule has 1 amide bonds. The minimum atomic E-state index is -0.792. The molecule has 0 saturated heterocycles. The van der Waals surface area contributed by atoms with E-state index in [1.165, 1.54) is 0 Å². The summed E-state index contributed by atoms with van der Waals surface area (Å²) in [5, 5.41) is 2.93. The molecule has 2 rings (SSSR count). The van der Waals surface area contributed by atoms with Crippen molar-refractivity contribution < 1.29 is 19.1 Å². The number of carbonyl (C=O) groups is 2. The molecule has 126 valence electrons. The van der Waals surface area contributed by atoms with Crippen molar-refractivity contribution in [1.29, 1.82) is 0 Å². The lowest BCUT2D eigenvalue weighted by molar-refractivity contribution is -0.129. The predicted octanol–water partition coefficient (Wildman–Crippen LogP) is 3.08. The summed E-state index contributed by atoms with van der Waals surface area (Å²) in [4.78, 5) is 24.1. The maximum Gasteiger partial charge on any atom is 0.338 e. The van der Waals surface area contributed by atoms with Gasteiger partial charge in [0.25, 0.3) is 5.91 Å². The molecule has 0 aromatic heterocycles. The van der Waals surface area contributed by atoms with Crippen LogP contribution in [-0.4, -0.2) is 30.6 Å². The van der Waals surface area contributed by atoms with Crippen molar-refractivity contribution in [2.45, 2.75) is 58.1 Å². The lowest BCUT2D eigenvalue weighted by atomic mass is 10.2. The average molecular weight is 319 g/mol. The maximum atomic E-state index is 12.1. The standard InChI is InChI=1S/C18H25NO4/c1-3-12-22-16-10-8-14(9-11-16)18(21)23-13(2)17(20)19-15-6-4-5-7-15/h8-11,13,15H,3-7,12H2,1-2H3,(H,19,20). The first kappa shape index (κ1) is 17.3. The Kier molecular flexibility index (Phi) is 6.44. The minimum absolute atomic E-state index is 0.221. The summed E-state index contributed by atoms with van der Waals surface area (Å²) in [6.07, 6.45) is 4.44. The number of rotatable bonds is 7. The molecule has 1 N–H and O–H groups in total. The van der Waals surface area contributed by atoms with E-state index in [1.807, 2.05) is 6.92 Å². The second-order valence-corrected chi connectivity index (χ2v) is 5.91. The molecule has 1 fully saturated rings. The number of hydrogen-bond acceptors (Lipinski definition) is 4. The molecule has 1 aliphatic carbocycles. The van der Waals surface area contributed by atoms with E-state index >= 15 is 0 Å². The zero-order chi connectivity index (χ0) is 16.7. The highest BCUT2D eigenvalue weighted by atomic mass is 16.5. The van der Waals surface area contributed by atoms with Crippen LogP contribution in [0.5, 0.6) is 5.75 Å². The van der Waals surface area contributed by atoms with Crippen LogP contribution in [0.3, 0.4) is 0 Å². The van der Waals surface area contributed by atoms with E-state index in [-0.39, 0.29) is 11.9 Å². The number of esters is 1. The van der Waals surface area contributed by atoms with E-state index in [1.54, 1.807) is 31.2 Å². The van der Waals surface area contributed by atoms with Crippen molar-refractivity contribution in [3.63, 3.8) is 0 Å². The fraction of sp³-hybridized carbons (Fsp3) is 0.556. The summed E-state index contributed by atoms with van der Waals surface area (Å²) in [7, 11) is 0. The molecule has 0 heterocycles. The van der Waals surface area contributed by atoms with E-state index in [4.69, 9.17) is 9.47 Å². The van der Waals surface area contributed by atoms with Crippen molar-refractivity contribution in [2.24, 2.45) is 0 Å². The Hall–Kier alpha value is -2.04. The highest BCUT2D eigenvalue weighted by Crippen LogP contribution is 2.18. The van der Waals surface area contributed by atoms with E-state index in [9.17, 15) is 9.59 Å². The molecule has 1 saturated carbocycles. The van der Waals surface area contributed by atoms with Crippen LogP contribution < -0.4 is 10.1 Å². The van der Waals surface area contributed by atoms with Gasteiger partial charge in [-0.3, -0.25) is 4.79 Å². The molecule has 1 unspecified atom stereocenters. The van der Waals surface area contributed by atoms with Crippen LogP contribution in [-0.2, 0) is 9.53 Å². The van der Waals surface area contributed by atoms with Crippen molar-refractivity contribution >= 4 is 11.9 Å². The van der Waals surface area contributed by atoms with E-state index in [2.05, 4.69) is 5.32 Å². The topological polar surface area (TPSA) is 64.6 Å². The highest BCUT2D eigenvalue weighted by Gasteiger charge is 2.23. The van der Waals surface area contributed by atoms with Gasteiger partial charge in [0.1, 0.15) is 5.75 Å². The number of ether oxygens (including phenoxy) is 2. The number of amides is 1. The summed E-state index contributed by atoms with van der Waals surface area (Å²) in [5.41, 5.74) is 0.411. The Labute approximate surface area is 137 Å². The zero-order valence-corrected chi connectivity index (χ0v) is 13.8. The largest absolute Gasteiger partial charge is 0.494 e. The summed E-state index contributed by atoms with van der Waals surface area (Å²) in [6.45, 7) is 4.27. The van der Waals surface area contributed by atoms with Gasteiger partial charge in [0, 0.05) is 6.04 Å². The Bertz CT molecular complexity index is 520. The molecule has 5 heteroatoms. The van der Waals surface area contributed by atoms with Gasteiger partial charge >= 0.3 is 5.97 Å². The first-order valence-corrected chi connectivity index (χ1v) is 8.34. The molecule has 0 spiro atoms. The Balaban J connectivity index is 1.83. The minimum Gasteiger partial charge on any atom is -0.494 e. The van der Waals surface area contributed by atoms with Crippen LogP contribution in [0.1, 0.15) is 56.3 Å². The molecular formula is C18H25NO4. The molecule has 0 bridgehead atoms. The Morgan fingerprint density at radius 2 is 1.87 bits per heavy atom. The van der Waals surface area contributed by atoms with Gasteiger partial charge in [0.05, 0.1) is 12.2 Å². The second kappa shape index (κ2) is 8.56. The molecule has 23 heavy (non-hydrogen) atoms. The highest BCUT2D eigenvalue weighted by molar-refractivity contribution is 5.92. The summed E-state index contributed by atoms with van der Waals surface area (Å²) >= 11 is 0. The molecule has 0 radical (unpaired) electrons. The molecule has 1 aromatic carbocycles. The van der Waals surface area contributed by atoms with Gasteiger partial charge in [-0.1, -0.05) is 19.8 Å². The summed E-state index contributed by atoms with van der Waals surface area (Å²) in [6, 6.07) is 6.98. The number of nitrogens with one attached hydrogen (secondary N) is 1. The van der Waals surface area contributed by atoms with Crippen LogP contribution in [0.4, 0.5) is 0 Å². The van der Waals surface area contributed by atoms with Crippen LogP contribution in [0, 0.1) is 0 Å². The van der Waals surface area contributed by atoms with Crippen molar-refractivity contribution in [1.82, 2.24) is 5.32 Å². The molecule has 5 nitrogen and oxygen atoms in total. The number of benzene rings is 1. The maximum absolute atomic E-state index is 12.1. The van der Waals surface area contributed by atoms with E-state index in [0.29, 0.717) is 12.2 Å². The van der Waals surface area contributed by atoms with Crippen LogP contribution in [0.25, 0.3) is 0 Å². The van der Waals surface area contributed by atoms with Gasteiger partial charge in [0.2, 0.25) is 0 Å². The molecule has 0 aliphatic heterocycles. The van der Waals surface area contributed by atoms with E-state index < -0.39 is 12.1 Å². The van der Waals surface area contributed by atoms with Crippen LogP contribution >= 0.6 is 0 Å². The first-order valence-electron chi connectivity index (χ1n) is 8.34. The summed E-state index contributed by atoms with van der Waals surface area (Å²) in [5.74, 6) is -0.00955. The van der Waals surface area contributed by atoms with Gasteiger partial charge in [-0.25, -0.2) is 4.79 Å². The molecule has 1 atom stereocenters. The normalized spacial score (nSPS) is 15.9.